The quantitative estimate of drug-likeness (QED) is 0.674. The van der Waals surface area contributed by atoms with Gasteiger partial charge >= 0.3 is 0 Å². The second kappa shape index (κ2) is 9.68. The van der Waals surface area contributed by atoms with Crippen molar-refractivity contribution < 1.29 is 5.11 Å². The highest BCUT2D eigenvalue weighted by atomic mass is 35.5. The van der Waals surface area contributed by atoms with Crippen molar-refractivity contribution in [3.05, 3.63) is 33.8 Å². The molecule has 1 rings (SSSR count). The molecule has 21 heavy (non-hydrogen) atoms. The van der Waals surface area contributed by atoms with E-state index in [2.05, 4.69) is 25.7 Å². The lowest BCUT2D eigenvalue weighted by molar-refractivity contribution is 0.136. The molecular formula is C17H27Cl2NO. The maximum absolute atomic E-state index is 10.3. The van der Waals surface area contributed by atoms with Crippen molar-refractivity contribution >= 4 is 23.2 Å². The molecule has 0 saturated heterocycles. The van der Waals surface area contributed by atoms with Gasteiger partial charge in [-0.15, -0.1) is 0 Å². The molecule has 0 aliphatic carbocycles. The van der Waals surface area contributed by atoms with Gasteiger partial charge in [0.05, 0.1) is 16.1 Å². The number of aliphatic hydroxyl groups is 1. The van der Waals surface area contributed by atoms with E-state index in [-0.39, 0.29) is 0 Å². The first kappa shape index (κ1) is 18.8. The standard InChI is InChI=1S/C17H27Cl2NO/c1-4-13(5-2)12-20(6-3)11-10-16(21)14-8-7-9-15(18)17(14)19/h7-9,13,16,21H,4-6,10-12H2,1-3H3. The van der Waals surface area contributed by atoms with Crippen molar-refractivity contribution in [2.24, 2.45) is 5.92 Å². The van der Waals surface area contributed by atoms with Crippen LogP contribution in [-0.4, -0.2) is 29.6 Å². The summed E-state index contributed by atoms with van der Waals surface area (Å²) in [4.78, 5) is 2.40. The third-order valence-electron chi connectivity index (χ3n) is 4.18. The van der Waals surface area contributed by atoms with E-state index in [1.807, 2.05) is 12.1 Å². The van der Waals surface area contributed by atoms with Gasteiger partial charge in [0.1, 0.15) is 0 Å². The average Bonchev–Trinajstić information content (AvgIpc) is 2.50. The lowest BCUT2D eigenvalue weighted by atomic mass is 10.0. The van der Waals surface area contributed by atoms with Gasteiger partial charge in [0.15, 0.2) is 0 Å². The van der Waals surface area contributed by atoms with E-state index in [9.17, 15) is 5.11 Å². The van der Waals surface area contributed by atoms with E-state index >= 15 is 0 Å². The predicted molar refractivity (Wildman–Crippen MR) is 92.2 cm³/mol. The van der Waals surface area contributed by atoms with Crippen LogP contribution in [0, 0.1) is 5.92 Å². The van der Waals surface area contributed by atoms with Gasteiger partial charge in [-0.05, 0) is 24.9 Å². The lowest BCUT2D eigenvalue weighted by Gasteiger charge is -2.26. The normalized spacial score (nSPS) is 13.1. The molecule has 0 fully saturated rings. The molecular weight excluding hydrogens is 305 g/mol. The van der Waals surface area contributed by atoms with Crippen LogP contribution < -0.4 is 0 Å². The van der Waals surface area contributed by atoms with Gasteiger partial charge in [0.2, 0.25) is 0 Å². The van der Waals surface area contributed by atoms with Crippen LogP contribution in [0.2, 0.25) is 10.0 Å². The van der Waals surface area contributed by atoms with Crippen LogP contribution in [0.3, 0.4) is 0 Å². The van der Waals surface area contributed by atoms with Crippen LogP contribution in [0.15, 0.2) is 18.2 Å². The molecule has 0 bridgehead atoms. The Balaban J connectivity index is 2.57. The molecule has 0 aliphatic rings. The molecule has 0 spiro atoms. The largest absolute Gasteiger partial charge is 0.388 e. The number of rotatable bonds is 9. The zero-order valence-electron chi connectivity index (χ0n) is 13.3. The summed E-state index contributed by atoms with van der Waals surface area (Å²) in [6.07, 6.45) is 2.52. The molecule has 0 saturated carbocycles. The fourth-order valence-corrected chi connectivity index (χ4v) is 2.96. The minimum Gasteiger partial charge on any atom is -0.388 e. The monoisotopic (exact) mass is 331 g/mol. The minimum absolute atomic E-state index is 0.467. The predicted octanol–water partition coefficient (Wildman–Crippen LogP) is 5.18. The highest BCUT2D eigenvalue weighted by Crippen LogP contribution is 2.31. The van der Waals surface area contributed by atoms with Gasteiger partial charge in [-0.2, -0.15) is 0 Å². The first-order chi connectivity index (χ1) is 10.0. The summed E-state index contributed by atoms with van der Waals surface area (Å²) in [7, 11) is 0. The zero-order chi connectivity index (χ0) is 15.8. The second-order valence-electron chi connectivity index (χ2n) is 5.52. The van der Waals surface area contributed by atoms with Gasteiger partial charge in [-0.3, -0.25) is 0 Å². The summed E-state index contributed by atoms with van der Waals surface area (Å²) in [6, 6.07) is 5.41. The first-order valence-corrected chi connectivity index (χ1v) is 8.63. The van der Waals surface area contributed by atoms with E-state index in [1.54, 1.807) is 6.07 Å². The Bertz CT molecular complexity index is 421. The van der Waals surface area contributed by atoms with E-state index < -0.39 is 6.10 Å². The van der Waals surface area contributed by atoms with Crippen molar-refractivity contribution in [2.75, 3.05) is 19.6 Å². The Labute approximate surface area is 139 Å². The van der Waals surface area contributed by atoms with Crippen LogP contribution in [0.5, 0.6) is 0 Å². The Morgan fingerprint density at radius 3 is 2.38 bits per heavy atom. The summed E-state index contributed by atoms with van der Waals surface area (Å²) in [5, 5.41) is 11.3. The second-order valence-corrected chi connectivity index (χ2v) is 6.31. The molecule has 0 aromatic heterocycles. The van der Waals surface area contributed by atoms with Gasteiger partial charge in [-0.1, -0.05) is 68.9 Å². The van der Waals surface area contributed by atoms with E-state index in [0.29, 0.717) is 16.5 Å². The smallest absolute Gasteiger partial charge is 0.0817 e. The number of halogens is 2. The van der Waals surface area contributed by atoms with Crippen molar-refractivity contribution in [1.82, 2.24) is 4.90 Å². The van der Waals surface area contributed by atoms with Gasteiger partial charge in [0.25, 0.3) is 0 Å². The summed E-state index contributed by atoms with van der Waals surface area (Å²) in [5.74, 6) is 0.733. The maximum Gasteiger partial charge on any atom is 0.0817 e. The summed E-state index contributed by atoms with van der Waals surface area (Å²) >= 11 is 12.2. The third kappa shape index (κ3) is 5.78. The van der Waals surface area contributed by atoms with Crippen molar-refractivity contribution in [1.29, 1.82) is 0 Å². The molecule has 1 unspecified atom stereocenters. The third-order valence-corrected chi connectivity index (χ3v) is 5.01. The Hall–Kier alpha value is -0.280. The zero-order valence-corrected chi connectivity index (χ0v) is 14.8. The Morgan fingerprint density at radius 2 is 1.81 bits per heavy atom. The fourth-order valence-electron chi connectivity index (χ4n) is 2.53. The van der Waals surface area contributed by atoms with E-state index in [4.69, 9.17) is 23.2 Å². The van der Waals surface area contributed by atoms with Gasteiger partial charge in [0, 0.05) is 18.7 Å². The van der Waals surface area contributed by atoms with Crippen molar-refractivity contribution in [2.45, 2.75) is 46.1 Å². The molecule has 120 valence electrons. The molecule has 0 radical (unpaired) electrons. The van der Waals surface area contributed by atoms with Crippen LogP contribution >= 0.6 is 23.2 Å². The molecule has 2 nitrogen and oxygen atoms in total. The number of hydrogen-bond acceptors (Lipinski definition) is 2. The summed E-state index contributed by atoms with van der Waals surface area (Å²) in [5.41, 5.74) is 0.725. The highest BCUT2D eigenvalue weighted by Gasteiger charge is 2.16. The molecule has 4 heteroatoms. The molecule has 1 aromatic carbocycles. The molecule has 1 N–H and O–H groups in total. The summed E-state index contributed by atoms with van der Waals surface area (Å²) in [6.45, 7) is 9.62. The minimum atomic E-state index is -0.563. The van der Waals surface area contributed by atoms with E-state index in [1.165, 1.54) is 12.8 Å². The lowest BCUT2D eigenvalue weighted by Crippen LogP contribution is -2.31. The molecule has 1 atom stereocenters. The number of benzene rings is 1. The average molecular weight is 332 g/mol. The topological polar surface area (TPSA) is 23.5 Å². The number of nitrogens with zero attached hydrogens (tertiary/aromatic N) is 1. The molecule has 1 aromatic rings. The first-order valence-electron chi connectivity index (χ1n) is 7.87. The SMILES string of the molecule is CCC(CC)CN(CC)CCC(O)c1cccc(Cl)c1Cl. The highest BCUT2D eigenvalue weighted by molar-refractivity contribution is 6.42. The van der Waals surface area contributed by atoms with Crippen LogP contribution in [0.1, 0.15) is 51.7 Å². The fraction of sp³-hybridized carbons (Fsp3) is 0.647. The number of aliphatic hydroxyl groups excluding tert-OH is 1. The van der Waals surface area contributed by atoms with Crippen molar-refractivity contribution in [3.63, 3.8) is 0 Å². The number of hydrogen-bond donors (Lipinski definition) is 1. The molecule has 0 aliphatic heterocycles. The Kier molecular flexibility index (Phi) is 8.65. The van der Waals surface area contributed by atoms with Gasteiger partial charge in [-0.25, -0.2) is 0 Å². The van der Waals surface area contributed by atoms with E-state index in [0.717, 1.165) is 31.1 Å². The maximum atomic E-state index is 10.3. The Morgan fingerprint density at radius 1 is 1.14 bits per heavy atom. The van der Waals surface area contributed by atoms with Gasteiger partial charge < -0.3 is 10.0 Å². The summed E-state index contributed by atoms with van der Waals surface area (Å²) < 4.78 is 0. The van der Waals surface area contributed by atoms with Crippen LogP contribution in [-0.2, 0) is 0 Å². The van der Waals surface area contributed by atoms with Crippen LogP contribution in [0.25, 0.3) is 0 Å². The van der Waals surface area contributed by atoms with Crippen LogP contribution in [0.4, 0.5) is 0 Å². The van der Waals surface area contributed by atoms with Crippen molar-refractivity contribution in [3.8, 4) is 0 Å². The molecule has 0 heterocycles. The molecule has 0 amide bonds.